The maximum Gasteiger partial charge on any atom is 0.270 e. The largest absolute Gasteiger partial charge is 0.493 e. The number of methoxy groups -OCH3 is 1. The van der Waals surface area contributed by atoms with E-state index in [-0.39, 0.29) is 18.4 Å². The molecule has 3 aromatic rings. The molecule has 1 saturated heterocycles. The molecule has 0 bridgehead atoms. The number of aryl methyl sites for hydroxylation is 4. The normalized spacial score (nSPS) is 14.3. The zero-order valence-corrected chi connectivity index (χ0v) is 23.0. The highest BCUT2D eigenvalue weighted by Gasteiger charge is 2.33. The van der Waals surface area contributed by atoms with Crippen molar-refractivity contribution in [3.63, 3.8) is 0 Å². The van der Waals surface area contributed by atoms with Gasteiger partial charge in [-0.05, 0) is 85.9 Å². The van der Waals surface area contributed by atoms with E-state index in [4.69, 9.17) is 21.7 Å². The first-order chi connectivity index (χ1) is 17.7. The highest BCUT2D eigenvalue weighted by atomic mass is 32.2. The Kier molecular flexibility index (Phi) is 8.00. The van der Waals surface area contributed by atoms with E-state index in [9.17, 15) is 9.59 Å². The predicted molar refractivity (Wildman–Crippen MR) is 155 cm³/mol. The molecule has 1 fully saturated rings. The van der Waals surface area contributed by atoms with Gasteiger partial charge in [-0.2, -0.15) is 0 Å². The van der Waals surface area contributed by atoms with Crippen LogP contribution in [0.3, 0.4) is 0 Å². The summed E-state index contributed by atoms with van der Waals surface area (Å²) in [6.07, 6.45) is 1.78. The molecule has 37 heavy (non-hydrogen) atoms. The van der Waals surface area contributed by atoms with E-state index >= 15 is 0 Å². The van der Waals surface area contributed by atoms with Gasteiger partial charge >= 0.3 is 0 Å². The number of carbonyl (C=O) groups excluding carboxylic acids is 2. The van der Waals surface area contributed by atoms with Crippen molar-refractivity contribution in [1.29, 1.82) is 0 Å². The molecule has 0 saturated carbocycles. The number of para-hydroxylation sites is 1. The van der Waals surface area contributed by atoms with Gasteiger partial charge in [0.25, 0.3) is 11.8 Å². The van der Waals surface area contributed by atoms with Gasteiger partial charge in [0.2, 0.25) is 0 Å². The van der Waals surface area contributed by atoms with Gasteiger partial charge in [0.15, 0.2) is 22.4 Å². The third kappa shape index (κ3) is 5.87. The molecule has 4 rings (SSSR count). The molecule has 6 nitrogen and oxygen atoms in total. The molecule has 0 aliphatic carbocycles. The molecule has 0 spiro atoms. The molecule has 2 amide bonds. The number of carbonyl (C=O) groups is 2. The van der Waals surface area contributed by atoms with Gasteiger partial charge in [-0.25, -0.2) is 0 Å². The van der Waals surface area contributed by atoms with Crippen LogP contribution in [0.15, 0.2) is 59.5 Å². The number of thioether (sulfide) groups is 1. The third-order valence-electron chi connectivity index (χ3n) is 6.13. The Bertz CT molecular complexity index is 1410. The summed E-state index contributed by atoms with van der Waals surface area (Å²) in [6.45, 7) is 7.76. The topological polar surface area (TPSA) is 67.9 Å². The van der Waals surface area contributed by atoms with E-state index in [1.54, 1.807) is 23.1 Å². The Morgan fingerprint density at radius 1 is 0.973 bits per heavy atom. The lowest BCUT2D eigenvalue weighted by Gasteiger charge is -2.16. The van der Waals surface area contributed by atoms with Crippen LogP contribution in [0.4, 0.5) is 11.4 Å². The summed E-state index contributed by atoms with van der Waals surface area (Å²) < 4.78 is 11.7. The quantitative estimate of drug-likeness (QED) is 0.282. The number of rotatable bonds is 7. The molecule has 8 heteroatoms. The Morgan fingerprint density at radius 3 is 2.38 bits per heavy atom. The van der Waals surface area contributed by atoms with Crippen LogP contribution in [0.2, 0.25) is 0 Å². The van der Waals surface area contributed by atoms with Crippen molar-refractivity contribution in [2.24, 2.45) is 0 Å². The van der Waals surface area contributed by atoms with Crippen molar-refractivity contribution in [2.75, 3.05) is 23.9 Å². The molecule has 0 radical (unpaired) electrons. The molecule has 0 aromatic heterocycles. The molecule has 0 atom stereocenters. The van der Waals surface area contributed by atoms with Crippen LogP contribution in [0.5, 0.6) is 11.5 Å². The standard InChI is InChI=1S/C29H28N2O4S2/c1-17-9-11-22(13-20(17)4)31-28(33)25(37-29(31)36)15-21-10-12-23(24(14-21)34-5)35-16-26(32)30-27-18(2)7-6-8-19(27)3/h6-15H,16H2,1-5H3,(H,30,32)/b25-15-. The van der Waals surface area contributed by atoms with E-state index in [0.29, 0.717) is 20.7 Å². The molecule has 1 heterocycles. The van der Waals surface area contributed by atoms with Crippen molar-refractivity contribution >= 4 is 57.6 Å². The van der Waals surface area contributed by atoms with Gasteiger partial charge in [-0.1, -0.05) is 54.3 Å². The fourth-order valence-corrected chi connectivity index (χ4v) is 5.23. The van der Waals surface area contributed by atoms with Crippen LogP contribution in [0.1, 0.15) is 27.8 Å². The minimum atomic E-state index is -0.265. The van der Waals surface area contributed by atoms with E-state index in [0.717, 1.165) is 39.2 Å². The lowest BCUT2D eigenvalue weighted by atomic mass is 10.1. The van der Waals surface area contributed by atoms with Gasteiger partial charge in [0.05, 0.1) is 17.7 Å². The Balaban J connectivity index is 1.47. The lowest BCUT2D eigenvalue weighted by Crippen LogP contribution is -2.27. The highest BCUT2D eigenvalue weighted by molar-refractivity contribution is 8.27. The number of amides is 2. The summed E-state index contributed by atoms with van der Waals surface area (Å²) in [7, 11) is 1.53. The van der Waals surface area contributed by atoms with E-state index in [1.807, 2.05) is 70.2 Å². The van der Waals surface area contributed by atoms with Crippen molar-refractivity contribution in [2.45, 2.75) is 27.7 Å². The molecule has 1 N–H and O–H groups in total. The average molecular weight is 533 g/mol. The number of ether oxygens (including phenoxy) is 2. The second-order valence-corrected chi connectivity index (χ2v) is 10.5. The zero-order chi connectivity index (χ0) is 26.7. The van der Waals surface area contributed by atoms with E-state index in [1.165, 1.54) is 18.9 Å². The summed E-state index contributed by atoms with van der Waals surface area (Å²) in [5.41, 5.74) is 6.52. The first-order valence-electron chi connectivity index (χ1n) is 11.7. The van der Waals surface area contributed by atoms with Crippen LogP contribution in [0.25, 0.3) is 6.08 Å². The monoisotopic (exact) mass is 532 g/mol. The number of nitrogens with zero attached hydrogens (tertiary/aromatic N) is 1. The first kappa shape index (κ1) is 26.4. The molecular formula is C29H28N2O4S2. The third-order valence-corrected chi connectivity index (χ3v) is 7.43. The number of benzene rings is 3. The number of anilines is 2. The molecule has 0 unspecified atom stereocenters. The zero-order valence-electron chi connectivity index (χ0n) is 21.4. The Morgan fingerprint density at radius 2 is 1.70 bits per heavy atom. The van der Waals surface area contributed by atoms with Crippen LogP contribution in [-0.2, 0) is 9.59 Å². The number of thiocarbonyl (C=S) groups is 1. The average Bonchev–Trinajstić information content (AvgIpc) is 3.14. The molecule has 1 aliphatic rings. The smallest absolute Gasteiger partial charge is 0.270 e. The van der Waals surface area contributed by atoms with Gasteiger partial charge < -0.3 is 14.8 Å². The first-order valence-corrected chi connectivity index (χ1v) is 12.9. The lowest BCUT2D eigenvalue weighted by molar-refractivity contribution is -0.118. The van der Waals surface area contributed by atoms with Crippen molar-refractivity contribution in [3.05, 3.63) is 87.3 Å². The fourth-order valence-electron chi connectivity index (χ4n) is 3.93. The maximum absolute atomic E-state index is 13.2. The second kappa shape index (κ2) is 11.2. The summed E-state index contributed by atoms with van der Waals surface area (Å²) in [6, 6.07) is 17.0. The summed E-state index contributed by atoms with van der Waals surface area (Å²) in [5, 5.41) is 2.91. The maximum atomic E-state index is 13.2. The Labute approximate surface area is 226 Å². The molecule has 1 aliphatic heterocycles. The van der Waals surface area contributed by atoms with Gasteiger partial charge in [0, 0.05) is 5.69 Å². The van der Waals surface area contributed by atoms with Gasteiger partial charge in [-0.3, -0.25) is 14.5 Å². The minimum Gasteiger partial charge on any atom is -0.493 e. The highest BCUT2D eigenvalue weighted by Crippen LogP contribution is 2.37. The Hall–Kier alpha value is -3.62. The number of hydrogen-bond acceptors (Lipinski definition) is 6. The summed E-state index contributed by atoms with van der Waals surface area (Å²) >= 11 is 6.77. The second-order valence-electron chi connectivity index (χ2n) is 8.80. The fraction of sp³-hybridized carbons (Fsp3) is 0.207. The molecule has 190 valence electrons. The SMILES string of the molecule is COc1cc(/C=C2\SC(=S)N(c3ccc(C)c(C)c3)C2=O)ccc1OCC(=O)Nc1c(C)cccc1C. The number of nitrogens with one attached hydrogen (secondary N) is 1. The van der Waals surface area contributed by atoms with Crippen molar-refractivity contribution in [3.8, 4) is 11.5 Å². The van der Waals surface area contributed by atoms with Crippen molar-refractivity contribution < 1.29 is 19.1 Å². The summed E-state index contributed by atoms with van der Waals surface area (Å²) in [4.78, 5) is 27.7. The van der Waals surface area contributed by atoms with Crippen LogP contribution >= 0.6 is 24.0 Å². The summed E-state index contributed by atoms with van der Waals surface area (Å²) in [5.74, 6) is 0.455. The van der Waals surface area contributed by atoms with Crippen LogP contribution in [0, 0.1) is 27.7 Å². The van der Waals surface area contributed by atoms with Crippen LogP contribution in [-0.4, -0.2) is 29.9 Å². The van der Waals surface area contributed by atoms with Crippen molar-refractivity contribution in [1.82, 2.24) is 0 Å². The van der Waals surface area contributed by atoms with Crippen LogP contribution < -0.4 is 19.7 Å². The predicted octanol–water partition coefficient (Wildman–Crippen LogP) is 6.35. The van der Waals surface area contributed by atoms with E-state index < -0.39 is 0 Å². The molecule has 3 aromatic carbocycles. The minimum absolute atomic E-state index is 0.166. The molecular weight excluding hydrogens is 504 g/mol. The van der Waals surface area contributed by atoms with Gasteiger partial charge in [-0.15, -0.1) is 0 Å². The number of hydrogen-bond donors (Lipinski definition) is 1. The van der Waals surface area contributed by atoms with Gasteiger partial charge in [0.1, 0.15) is 0 Å². The van der Waals surface area contributed by atoms with E-state index in [2.05, 4.69) is 5.32 Å².